The number of H-pyrrole nitrogens is 1. The lowest BCUT2D eigenvalue weighted by atomic mass is 10.1. The summed E-state index contributed by atoms with van der Waals surface area (Å²) in [5.74, 6) is -0.0821. The maximum absolute atomic E-state index is 12.6. The van der Waals surface area contributed by atoms with Crippen LogP contribution in [0.3, 0.4) is 0 Å². The van der Waals surface area contributed by atoms with Gasteiger partial charge in [0.25, 0.3) is 0 Å². The fourth-order valence-corrected chi connectivity index (χ4v) is 4.05. The van der Waals surface area contributed by atoms with Gasteiger partial charge in [-0.1, -0.05) is 18.2 Å². The lowest BCUT2D eigenvalue weighted by molar-refractivity contribution is -0.135. The summed E-state index contributed by atoms with van der Waals surface area (Å²) >= 11 is 1.56. The molecule has 1 saturated heterocycles. The quantitative estimate of drug-likeness (QED) is 0.727. The molecule has 1 fully saturated rings. The molecule has 3 aromatic rings. The first kappa shape index (κ1) is 16.8. The summed E-state index contributed by atoms with van der Waals surface area (Å²) in [6.07, 6.45) is 2.89. The largest absolute Gasteiger partial charge is 0.361 e. The highest BCUT2D eigenvalue weighted by atomic mass is 32.1. The predicted octanol–water partition coefficient (Wildman–Crippen LogP) is 2.74. The Morgan fingerprint density at radius 1 is 1.42 bits per heavy atom. The van der Waals surface area contributed by atoms with Crippen LogP contribution in [0.5, 0.6) is 0 Å². The van der Waals surface area contributed by atoms with Crippen molar-refractivity contribution in [2.75, 3.05) is 0 Å². The minimum Gasteiger partial charge on any atom is -0.361 e. The maximum atomic E-state index is 12.6. The van der Waals surface area contributed by atoms with Gasteiger partial charge in [0, 0.05) is 35.4 Å². The second-order valence-corrected chi connectivity index (χ2v) is 7.57. The third kappa shape index (κ3) is 3.22. The molecule has 0 radical (unpaired) electrons. The topological polar surface area (TPSA) is 78.1 Å². The van der Waals surface area contributed by atoms with Crippen molar-refractivity contribution in [3.63, 3.8) is 0 Å². The van der Waals surface area contributed by atoms with Gasteiger partial charge in [-0.3, -0.25) is 9.59 Å². The highest BCUT2D eigenvalue weighted by Gasteiger charge is 2.36. The zero-order valence-corrected chi connectivity index (χ0v) is 15.3. The lowest BCUT2D eigenvalue weighted by Crippen LogP contribution is -2.44. The van der Waals surface area contributed by atoms with Crippen molar-refractivity contribution in [3.8, 4) is 0 Å². The average Bonchev–Trinajstić information content (AvgIpc) is 3.34. The van der Waals surface area contributed by atoms with Crippen molar-refractivity contribution in [2.24, 2.45) is 0 Å². The number of benzene rings is 1. The van der Waals surface area contributed by atoms with Crippen molar-refractivity contribution in [1.29, 1.82) is 0 Å². The third-order valence-electron chi connectivity index (χ3n) is 4.76. The molecule has 4 rings (SSSR count). The molecule has 7 heteroatoms. The van der Waals surface area contributed by atoms with Gasteiger partial charge in [-0.15, -0.1) is 11.3 Å². The van der Waals surface area contributed by atoms with Gasteiger partial charge in [-0.25, -0.2) is 4.98 Å². The summed E-state index contributed by atoms with van der Waals surface area (Å²) in [6.45, 7) is 2.78. The average molecular weight is 368 g/mol. The Morgan fingerprint density at radius 3 is 3.08 bits per heavy atom. The fraction of sp³-hybridized carbons (Fsp3) is 0.316. The van der Waals surface area contributed by atoms with E-state index in [0.717, 1.165) is 27.2 Å². The number of hydrogen-bond donors (Lipinski definition) is 2. The molecule has 0 bridgehead atoms. The highest BCUT2D eigenvalue weighted by Crippen LogP contribution is 2.25. The van der Waals surface area contributed by atoms with E-state index >= 15 is 0 Å². The molecule has 0 spiro atoms. The third-order valence-corrected chi connectivity index (χ3v) is 5.58. The van der Waals surface area contributed by atoms with Crippen LogP contribution in [0.4, 0.5) is 0 Å². The van der Waals surface area contributed by atoms with Crippen molar-refractivity contribution in [1.82, 2.24) is 20.2 Å². The number of nitrogens with zero attached hydrogens (tertiary/aromatic N) is 2. The van der Waals surface area contributed by atoms with Gasteiger partial charge in [0.2, 0.25) is 11.8 Å². The van der Waals surface area contributed by atoms with E-state index in [9.17, 15) is 9.59 Å². The summed E-state index contributed by atoms with van der Waals surface area (Å²) in [5.41, 5.74) is 2.92. The molecule has 1 atom stereocenters. The molecular weight excluding hydrogens is 348 g/mol. The number of nitrogens with one attached hydrogen (secondary N) is 2. The van der Waals surface area contributed by atoms with Crippen LogP contribution >= 0.6 is 11.3 Å². The lowest BCUT2D eigenvalue weighted by Gasteiger charge is -2.23. The van der Waals surface area contributed by atoms with E-state index in [1.54, 1.807) is 16.2 Å². The van der Waals surface area contributed by atoms with Gasteiger partial charge in [-0.2, -0.15) is 0 Å². The number of hydrogen-bond acceptors (Lipinski definition) is 4. The van der Waals surface area contributed by atoms with Gasteiger partial charge in [0.1, 0.15) is 6.04 Å². The molecular formula is C19H20N4O2S. The number of amides is 2. The zero-order valence-electron chi connectivity index (χ0n) is 14.5. The number of likely N-dealkylation sites (tertiary alicyclic amines) is 1. The summed E-state index contributed by atoms with van der Waals surface area (Å²) in [6, 6.07) is 7.56. The Bertz CT molecular complexity index is 961. The van der Waals surface area contributed by atoms with E-state index in [2.05, 4.69) is 15.3 Å². The van der Waals surface area contributed by atoms with Crippen LogP contribution in [-0.4, -0.2) is 32.7 Å². The molecule has 134 valence electrons. The molecule has 1 aliphatic rings. The summed E-state index contributed by atoms with van der Waals surface area (Å²) in [4.78, 5) is 34.3. The molecule has 0 saturated carbocycles. The Hall–Kier alpha value is -2.67. The zero-order chi connectivity index (χ0) is 18.1. The van der Waals surface area contributed by atoms with Crippen LogP contribution in [0, 0.1) is 6.92 Å². The number of carbonyl (C=O) groups is 2. The number of para-hydroxylation sites is 1. The summed E-state index contributed by atoms with van der Waals surface area (Å²) in [5, 5.41) is 6.93. The number of rotatable bonds is 5. The van der Waals surface area contributed by atoms with E-state index in [1.165, 1.54) is 0 Å². The molecule has 2 N–H and O–H groups in total. The predicted molar refractivity (Wildman–Crippen MR) is 101 cm³/mol. The van der Waals surface area contributed by atoms with Crippen molar-refractivity contribution < 1.29 is 9.59 Å². The number of aromatic nitrogens is 2. The highest BCUT2D eigenvalue weighted by molar-refractivity contribution is 7.09. The number of fused-ring (bicyclic) bond motifs is 1. The number of thiazole rings is 1. The van der Waals surface area contributed by atoms with Crippen molar-refractivity contribution >= 4 is 34.1 Å². The van der Waals surface area contributed by atoms with Crippen molar-refractivity contribution in [3.05, 3.63) is 52.1 Å². The van der Waals surface area contributed by atoms with Gasteiger partial charge < -0.3 is 15.2 Å². The fourth-order valence-electron chi connectivity index (χ4n) is 3.44. The van der Waals surface area contributed by atoms with E-state index in [1.807, 2.05) is 42.8 Å². The summed E-state index contributed by atoms with van der Waals surface area (Å²) < 4.78 is 0. The van der Waals surface area contributed by atoms with Crippen LogP contribution in [0.25, 0.3) is 10.9 Å². The van der Waals surface area contributed by atoms with Gasteiger partial charge in [0.05, 0.1) is 17.2 Å². The van der Waals surface area contributed by atoms with E-state index in [4.69, 9.17) is 0 Å². The monoisotopic (exact) mass is 368 g/mol. The van der Waals surface area contributed by atoms with Gasteiger partial charge in [0.15, 0.2) is 0 Å². The van der Waals surface area contributed by atoms with E-state index < -0.39 is 6.04 Å². The number of aromatic amines is 1. The number of aryl methyl sites for hydroxylation is 1. The normalized spacial score (nSPS) is 17.2. The smallest absolute Gasteiger partial charge is 0.243 e. The molecule has 3 heterocycles. The van der Waals surface area contributed by atoms with Crippen LogP contribution in [0.1, 0.15) is 29.1 Å². The van der Waals surface area contributed by atoms with Gasteiger partial charge in [-0.05, 0) is 25.0 Å². The Kier molecular flexibility index (Phi) is 4.46. The molecule has 6 nitrogen and oxygen atoms in total. The molecule has 26 heavy (non-hydrogen) atoms. The standard InChI is InChI=1S/C19H20N4O2S/c1-12-22-14(11-26-12)9-21-19(25)17-6-7-18(24)23(17)10-13-8-20-16-5-3-2-4-15(13)16/h2-5,8,11,17,20H,6-7,9-10H2,1H3,(H,21,25). The van der Waals surface area contributed by atoms with Crippen LogP contribution in [-0.2, 0) is 22.7 Å². The van der Waals surface area contributed by atoms with Crippen LogP contribution < -0.4 is 5.32 Å². The minimum absolute atomic E-state index is 0.0277. The van der Waals surface area contributed by atoms with Crippen LogP contribution in [0.2, 0.25) is 0 Å². The molecule has 2 aromatic heterocycles. The molecule has 0 aliphatic carbocycles. The Balaban J connectivity index is 1.47. The Morgan fingerprint density at radius 2 is 2.27 bits per heavy atom. The van der Waals surface area contributed by atoms with Crippen LogP contribution in [0.15, 0.2) is 35.8 Å². The van der Waals surface area contributed by atoms with Crippen molar-refractivity contribution in [2.45, 2.75) is 38.9 Å². The van der Waals surface area contributed by atoms with Gasteiger partial charge >= 0.3 is 0 Å². The molecule has 1 aromatic carbocycles. The second-order valence-electron chi connectivity index (χ2n) is 6.51. The molecule has 2 amide bonds. The second kappa shape index (κ2) is 6.92. The first-order valence-corrected chi connectivity index (χ1v) is 9.53. The van der Waals surface area contributed by atoms with E-state index in [0.29, 0.717) is 25.9 Å². The van der Waals surface area contributed by atoms with E-state index in [-0.39, 0.29) is 11.8 Å². The minimum atomic E-state index is -0.420. The number of carbonyl (C=O) groups excluding carboxylic acids is 2. The Labute approximate surface area is 155 Å². The molecule has 1 aliphatic heterocycles. The molecule has 1 unspecified atom stereocenters. The summed E-state index contributed by atoms with van der Waals surface area (Å²) in [7, 11) is 0. The first-order valence-electron chi connectivity index (χ1n) is 8.65. The SMILES string of the molecule is Cc1nc(CNC(=O)C2CCC(=O)N2Cc2c[nH]c3ccccc23)cs1. The maximum Gasteiger partial charge on any atom is 0.243 e. The first-order chi connectivity index (χ1) is 12.6.